The smallest absolute Gasteiger partial charge is 0.375 e. The number of fused-ring (bicyclic) bond motifs is 1. The third-order valence-corrected chi connectivity index (χ3v) is 8.21. The van der Waals surface area contributed by atoms with E-state index in [1.165, 1.54) is 36.2 Å². The molecule has 1 amide bonds. The Labute approximate surface area is 196 Å². The van der Waals surface area contributed by atoms with Crippen LogP contribution in [0.25, 0.3) is 0 Å². The molecule has 0 saturated carbocycles. The maximum atomic E-state index is 13.7. The van der Waals surface area contributed by atoms with Gasteiger partial charge in [-0.05, 0) is 37.1 Å². The van der Waals surface area contributed by atoms with Gasteiger partial charge in [0.15, 0.2) is 5.75 Å². The van der Waals surface area contributed by atoms with E-state index in [1.807, 2.05) is 0 Å². The van der Waals surface area contributed by atoms with Crippen LogP contribution in [0.2, 0.25) is 0 Å². The van der Waals surface area contributed by atoms with Crippen LogP contribution in [-0.4, -0.2) is 52.2 Å². The van der Waals surface area contributed by atoms with Crippen molar-refractivity contribution in [3.05, 3.63) is 53.6 Å². The second-order valence-electron chi connectivity index (χ2n) is 8.24. The summed E-state index contributed by atoms with van der Waals surface area (Å²) in [5, 5.41) is 0. The molecule has 34 heavy (non-hydrogen) atoms. The van der Waals surface area contributed by atoms with Gasteiger partial charge in [0.05, 0.1) is 16.6 Å². The number of rotatable bonds is 5. The van der Waals surface area contributed by atoms with E-state index in [0.29, 0.717) is 4.31 Å². The van der Waals surface area contributed by atoms with Crippen LogP contribution >= 0.6 is 0 Å². The Bertz CT molecular complexity index is 1310. The molecule has 2 aromatic carbocycles. The summed E-state index contributed by atoms with van der Waals surface area (Å²) in [4.78, 5) is 15.0. The molecule has 0 fully saturated rings. The Hall–Kier alpha value is -2.80. The minimum Gasteiger partial charge on any atom is -0.375 e. The van der Waals surface area contributed by atoms with Crippen molar-refractivity contribution in [2.75, 3.05) is 18.5 Å². The lowest BCUT2D eigenvalue weighted by Gasteiger charge is -2.33. The van der Waals surface area contributed by atoms with E-state index in [9.17, 15) is 34.8 Å². The highest BCUT2D eigenvalue weighted by molar-refractivity contribution is 7.89. The summed E-state index contributed by atoms with van der Waals surface area (Å²) >= 11 is 0. The maximum Gasteiger partial charge on any atom is 0.534 e. The number of nitrogens with zero attached hydrogens (tertiary/aromatic N) is 2. The van der Waals surface area contributed by atoms with E-state index < -0.39 is 48.9 Å². The average Bonchev–Trinajstić information content (AvgIpc) is 2.83. The molecule has 1 atom stereocenters. The first-order chi connectivity index (χ1) is 15.6. The van der Waals surface area contributed by atoms with Crippen molar-refractivity contribution >= 4 is 31.7 Å². The number of benzene rings is 2. The SMILES string of the molecule is Cc1ccc(S(=O)(=O)N2C(=O)c3c(OS(=O)(=O)C(F)(F)F)cccc3N(C)CC2C(C)C)cc1. The molecule has 8 nitrogen and oxygen atoms in total. The van der Waals surface area contributed by atoms with E-state index in [4.69, 9.17) is 0 Å². The Kier molecular flexibility index (Phi) is 6.66. The lowest BCUT2D eigenvalue weighted by Crippen LogP contribution is -2.49. The summed E-state index contributed by atoms with van der Waals surface area (Å²) in [5.41, 5.74) is -5.53. The minimum absolute atomic E-state index is 0.0109. The Morgan fingerprint density at radius 1 is 1.03 bits per heavy atom. The van der Waals surface area contributed by atoms with Crippen LogP contribution in [0.5, 0.6) is 5.75 Å². The third-order valence-electron chi connectivity index (χ3n) is 5.42. The van der Waals surface area contributed by atoms with Crippen LogP contribution in [0.15, 0.2) is 47.4 Å². The van der Waals surface area contributed by atoms with Crippen molar-refractivity contribution in [2.24, 2.45) is 5.92 Å². The van der Waals surface area contributed by atoms with Gasteiger partial charge in [0, 0.05) is 13.6 Å². The van der Waals surface area contributed by atoms with Crippen LogP contribution in [0.1, 0.15) is 29.8 Å². The molecular formula is C21H23F3N2O6S2. The van der Waals surface area contributed by atoms with Crippen LogP contribution in [-0.2, 0) is 20.1 Å². The zero-order chi connectivity index (χ0) is 25.6. The van der Waals surface area contributed by atoms with Gasteiger partial charge in [-0.1, -0.05) is 37.6 Å². The first-order valence-corrected chi connectivity index (χ1v) is 12.9. The summed E-state index contributed by atoms with van der Waals surface area (Å²) in [6, 6.07) is 8.29. The molecule has 0 bridgehead atoms. The summed E-state index contributed by atoms with van der Waals surface area (Å²) in [7, 11) is -9.07. The van der Waals surface area contributed by atoms with E-state index in [0.717, 1.165) is 11.6 Å². The summed E-state index contributed by atoms with van der Waals surface area (Å²) < 4.78 is 94.4. The Morgan fingerprint density at radius 2 is 1.62 bits per heavy atom. The zero-order valence-corrected chi connectivity index (χ0v) is 20.3. The minimum atomic E-state index is -6.12. The first kappa shape index (κ1) is 25.8. The number of amides is 1. The van der Waals surface area contributed by atoms with Gasteiger partial charge in [0.2, 0.25) is 0 Å². The van der Waals surface area contributed by atoms with Gasteiger partial charge in [0.1, 0.15) is 5.56 Å². The van der Waals surface area contributed by atoms with Gasteiger partial charge < -0.3 is 9.08 Å². The molecule has 1 aliphatic heterocycles. The number of anilines is 1. The van der Waals surface area contributed by atoms with Crippen molar-refractivity contribution < 1.29 is 39.0 Å². The van der Waals surface area contributed by atoms with Crippen LogP contribution in [0, 0.1) is 12.8 Å². The van der Waals surface area contributed by atoms with Gasteiger partial charge in [-0.2, -0.15) is 21.6 Å². The highest BCUT2D eigenvalue weighted by Gasteiger charge is 2.50. The lowest BCUT2D eigenvalue weighted by molar-refractivity contribution is -0.0500. The number of halogens is 3. The normalized spacial score (nSPS) is 17.5. The van der Waals surface area contributed by atoms with Gasteiger partial charge in [0.25, 0.3) is 15.9 Å². The van der Waals surface area contributed by atoms with E-state index in [-0.39, 0.29) is 23.0 Å². The van der Waals surface area contributed by atoms with Crippen molar-refractivity contribution in [1.29, 1.82) is 0 Å². The summed E-state index contributed by atoms with van der Waals surface area (Å²) in [6.07, 6.45) is 0. The van der Waals surface area contributed by atoms with Crippen LogP contribution < -0.4 is 9.08 Å². The molecule has 1 heterocycles. The third kappa shape index (κ3) is 4.58. The largest absolute Gasteiger partial charge is 0.534 e. The molecule has 186 valence electrons. The highest BCUT2D eigenvalue weighted by atomic mass is 32.2. The number of aryl methyl sites for hydroxylation is 1. The molecule has 0 spiro atoms. The molecule has 0 radical (unpaired) electrons. The average molecular weight is 521 g/mol. The van der Waals surface area contributed by atoms with Gasteiger partial charge in [-0.15, -0.1) is 0 Å². The molecule has 0 aliphatic carbocycles. The van der Waals surface area contributed by atoms with Crippen molar-refractivity contribution in [1.82, 2.24) is 4.31 Å². The number of hydrogen-bond acceptors (Lipinski definition) is 7. The van der Waals surface area contributed by atoms with E-state index in [1.54, 1.807) is 32.9 Å². The van der Waals surface area contributed by atoms with Crippen LogP contribution in [0.3, 0.4) is 0 Å². The maximum absolute atomic E-state index is 13.7. The van der Waals surface area contributed by atoms with Gasteiger partial charge >= 0.3 is 15.6 Å². The number of carbonyl (C=O) groups is 1. The highest BCUT2D eigenvalue weighted by Crippen LogP contribution is 2.39. The second-order valence-corrected chi connectivity index (χ2v) is 11.6. The molecule has 3 rings (SSSR count). The molecule has 13 heteroatoms. The molecule has 2 aromatic rings. The predicted molar refractivity (Wildman–Crippen MR) is 118 cm³/mol. The topological polar surface area (TPSA) is 101 Å². The fraction of sp³-hybridized carbons (Fsp3) is 0.381. The number of sulfonamides is 1. The first-order valence-electron chi connectivity index (χ1n) is 10.1. The molecule has 0 aromatic heterocycles. The van der Waals surface area contributed by atoms with E-state index >= 15 is 0 Å². The molecule has 1 aliphatic rings. The predicted octanol–water partition coefficient (Wildman–Crippen LogP) is 3.53. The fourth-order valence-corrected chi connectivity index (χ4v) is 5.75. The Balaban J connectivity index is 2.25. The van der Waals surface area contributed by atoms with Crippen LogP contribution in [0.4, 0.5) is 18.9 Å². The second kappa shape index (κ2) is 8.77. The van der Waals surface area contributed by atoms with E-state index in [2.05, 4.69) is 4.18 Å². The molecule has 0 saturated heterocycles. The van der Waals surface area contributed by atoms with Crippen molar-refractivity contribution in [3.8, 4) is 5.75 Å². The number of likely N-dealkylation sites (N-methyl/N-ethyl adjacent to an activating group) is 1. The quantitative estimate of drug-likeness (QED) is 0.439. The monoisotopic (exact) mass is 520 g/mol. The van der Waals surface area contributed by atoms with Gasteiger partial charge in [-0.25, -0.2) is 12.7 Å². The fourth-order valence-electron chi connectivity index (χ4n) is 3.59. The molecular weight excluding hydrogens is 497 g/mol. The number of carbonyl (C=O) groups excluding carboxylic acids is 1. The number of hydrogen-bond donors (Lipinski definition) is 0. The molecule has 1 unspecified atom stereocenters. The van der Waals surface area contributed by atoms with Crippen molar-refractivity contribution in [2.45, 2.75) is 37.2 Å². The molecule has 0 N–H and O–H groups in total. The Morgan fingerprint density at radius 3 is 2.15 bits per heavy atom. The lowest BCUT2D eigenvalue weighted by atomic mass is 10.0. The number of alkyl halides is 3. The zero-order valence-electron chi connectivity index (χ0n) is 18.7. The summed E-state index contributed by atoms with van der Waals surface area (Å²) in [6.45, 7) is 5.16. The summed E-state index contributed by atoms with van der Waals surface area (Å²) in [5.74, 6) is -2.49. The van der Waals surface area contributed by atoms with Gasteiger partial charge in [-0.3, -0.25) is 4.79 Å². The standard InChI is InChI=1S/C21H23F3N2O6S2/c1-13(2)17-12-25(4)16-6-5-7-18(32-34(30,31)21(22,23)24)19(16)20(27)26(17)33(28,29)15-10-8-14(3)9-11-15/h5-11,13,17H,12H2,1-4H3. The van der Waals surface area contributed by atoms with Crippen molar-refractivity contribution in [3.63, 3.8) is 0 Å².